The number of hydrogen-bond donors (Lipinski definition) is 4. The van der Waals surface area contributed by atoms with Gasteiger partial charge in [-0.05, 0) is 101 Å². The highest BCUT2D eigenvalue weighted by Gasteiger charge is 2.53. The lowest BCUT2D eigenvalue weighted by molar-refractivity contribution is -0.304. The summed E-state index contributed by atoms with van der Waals surface area (Å²) in [6.45, 7) is 20.6. The summed E-state index contributed by atoms with van der Waals surface area (Å²) in [5.74, 6) is -3.49. The minimum absolute atomic E-state index is 0.0649. The summed E-state index contributed by atoms with van der Waals surface area (Å²) in [4.78, 5) is 43.3. The molecule has 3 rings (SSSR count). The van der Waals surface area contributed by atoms with Gasteiger partial charge < -0.3 is 63.4 Å². The number of nitrogens with one attached hydrogen (secondary N) is 1. The predicted octanol–water partition coefficient (Wildman–Crippen LogP) is 4.41. The molecule has 2 saturated heterocycles. The Morgan fingerprint density at radius 2 is 1.64 bits per heavy atom. The molecule has 0 unspecified atom stereocenters. The Balaban J connectivity index is 2.08. The number of nitrogens with zero attached hydrogens (tertiary/aromatic N) is 1. The van der Waals surface area contributed by atoms with E-state index in [1.54, 1.807) is 27.7 Å². The van der Waals surface area contributed by atoms with Gasteiger partial charge in [-0.2, -0.15) is 0 Å². The number of esters is 1. The molecule has 17 atom stereocenters. The van der Waals surface area contributed by atoms with Crippen molar-refractivity contribution >= 4 is 17.8 Å². The average Bonchev–Trinajstić information content (AvgIpc) is 3.17. The molecular formula is C45H82N2O14. The SMILES string of the molecule is CC[C@H]1OC(=O)[C@H](C)[C@@H](O[C@@H]2C[C@@H](C)[C@H](OC(=O)NCCCOC(C)C)[C@](C)(O)C2)[C@H](C)[C@@H](O[C@@H]2O[C@H](C)C[C@H](N(C)C)[C@H]2O)[C@@](C)(OC)C[C@@H](C)C(=O)C[C@@H](OC)[C@]1(C)O. The molecule has 356 valence electrons. The maximum atomic E-state index is 14.4. The molecule has 0 aromatic rings. The van der Waals surface area contributed by atoms with Gasteiger partial charge in [0.25, 0.3) is 0 Å². The zero-order valence-electron chi connectivity index (χ0n) is 39.8. The second-order valence-corrected chi connectivity index (χ2v) is 19.4. The van der Waals surface area contributed by atoms with Crippen molar-refractivity contribution in [3.8, 4) is 0 Å². The Kier molecular flexibility index (Phi) is 19.9. The first-order valence-corrected chi connectivity index (χ1v) is 22.5. The van der Waals surface area contributed by atoms with Gasteiger partial charge >= 0.3 is 12.1 Å². The molecule has 0 bridgehead atoms. The monoisotopic (exact) mass is 875 g/mol. The van der Waals surface area contributed by atoms with E-state index in [-0.39, 0.29) is 55.6 Å². The second kappa shape index (κ2) is 22.8. The Bertz CT molecular complexity index is 1400. The van der Waals surface area contributed by atoms with Crippen LogP contribution in [-0.2, 0) is 47.5 Å². The lowest BCUT2D eigenvalue weighted by Crippen LogP contribution is -2.61. The number of aliphatic hydroxyl groups excluding tert-OH is 1. The van der Waals surface area contributed by atoms with Crippen molar-refractivity contribution in [2.24, 2.45) is 23.7 Å². The van der Waals surface area contributed by atoms with E-state index >= 15 is 0 Å². The summed E-state index contributed by atoms with van der Waals surface area (Å²) in [7, 11) is 6.72. The molecule has 1 saturated carbocycles. The van der Waals surface area contributed by atoms with Crippen molar-refractivity contribution in [2.75, 3.05) is 41.5 Å². The van der Waals surface area contributed by atoms with Crippen molar-refractivity contribution in [3.63, 3.8) is 0 Å². The molecule has 0 radical (unpaired) electrons. The zero-order valence-corrected chi connectivity index (χ0v) is 39.8. The molecule has 0 spiro atoms. The number of aliphatic hydroxyl groups is 3. The maximum absolute atomic E-state index is 14.4. The molecule has 61 heavy (non-hydrogen) atoms. The number of alkyl carbamates (subject to hydrolysis) is 1. The third-order valence-electron chi connectivity index (χ3n) is 13.4. The van der Waals surface area contributed by atoms with Gasteiger partial charge in [0.15, 0.2) is 6.29 Å². The van der Waals surface area contributed by atoms with Gasteiger partial charge in [0.05, 0.1) is 48.1 Å². The van der Waals surface area contributed by atoms with Crippen molar-refractivity contribution in [2.45, 2.75) is 205 Å². The fraction of sp³-hybridized carbons (Fsp3) is 0.933. The van der Waals surface area contributed by atoms with Crippen LogP contribution in [0.15, 0.2) is 0 Å². The molecule has 1 aliphatic carbocycles. The Morgan fingerprint density at radius 1 is 0.984 bits per heavy atom. The maximum Gasteiger partial charge on any atom is 0.407 e. The van der Waals surface area contributed by atoms with E-state index in [9.17, 15) is 29.7 Å². The van der Waals surface area contributed by atoms with Crippen LogP contribution in [-0.4, -0.2) is 164 Å². The third-order valence-corrected chi connectivity index (χ3v) is 13.4. The third kappa shape index (κ3) is 13.8. The van der Waals surface area contributed by atoms with E-state index in [0.717, 1.165) is 0 Å². The van der Waals surface area contributed by atoms with Crippen molar-refractivity contribution in [1.29, 1.82) is 0 Å². The Hall–Kier alpha value is -1.99. The van der Waals surface area contributed by atoms with Crippen LogP contribution in [0.2, 0.25) is 0 Å². The van der Waals surface area contributed by atoms with E-state index in [4.69, 9.17) is 37.9 Å². The molecule has 2 aliphatic heterocycles. The van der Waals surface area contributed by atoms with Gasteiger partial charge in [-0.3, -0.25) is 9.59 Å². The number of hydrogen-bond acceptors (Lipinski definition) is 15. The smallest absolute Gasteiger partial charge is 0.407 e. The number of amides is 1. The first kappa shape index (κ1) is 53.3. The molecule has 16 heteroatoms. The van der Waals surface area contributed by atoms with Gasteiger partial charge in [-0.25, -0.2) is 4.79 Å². The van der Waals surface area contributed by atoms with E-state index in [2.05, 4.69) is 5.32 Å². The summed E-state index contributed by atoms with van der Waals surface area (Å²) in [5, 5.41) is 38.2. The number of ketones is 1. The minimum Gasteiger partial charge on any atom is -0.459 e. The van der Waals surface area contributed by atoms with E-state index in [1.807, 2.05) is 60.5 Å². The fourth-order valence-corrected chi connectivity index (χ4v) is 9.77. The molecule has 1 amide bonds. The highest BCUT2D eigenvalue weighted by molar-refractivity contribution is 5.81. The van der Waals surface area contributed by atoms with Crippen molar-refractivity contribution < 1.29 is 67.6 Å². The Labute approximate surface area is 365 Å². The van der Waals surface area contributed by atoms with Crippen LogP contribution < -0.4 is 5.32 Å². The summed E-state index contributed by atoms with van der Waals surface area (Å²) in [6, 6.07) is -0.287. The van der Waals surface area contributed by atoms with Crippen molar-refractivity contribution in [1.82, 2.24) is 10.2 Å². The number of ether oxygens (including phenoxy) is 8. The fourth-order valence-electron chi connectivity index (χ4n) is 9.77. The highest BCUT2D eigenvalue weighted by Crippen LogP contribution is 2.42. The first-order valence-electron chi connectivity index (χ1n) is 22.5. The zero-order chi connectivity index (χ0) is 46.2. The normalized spacial score (nSPS) is 42.2. The predicted molar refractivity (Wildman–Crippen MR) is 228 cm³/mol. The molecule has 0 aromatic carbocycles. The van der Waals surface area contributed by atoms with Gasteiger partial charge in [-0.1, -0.05) is 27.7 Å². The summed E-state index contributed by atoms with van der Waals surface area (Å²) < 4.78 is 49.7. The number of cyclic esters (lactones) is 1. The highest BCUT2D eigenvalue weighted by atomic mass is 16.7. The molecule has 4 N–H and O–H groups in total. The first-order chi connectivity index (χ1) is 28.3. The Morgan fingerprint density at radius 3 is 2.20 bits per heavy atom. The van der Waals surface area contributed by atoms with Gasteiger partial charge in [-0.15, -0.1) is 0 Å². The second-order valence-electron chi connectivity index (χ2n) is 19.4. The number of methoxy groups -OCH3 is 2. The summed E-state index contributed by atoms with van der Waals surface area (Å²) in [5.41, 5.74) is -4.47. The van der Waals surface area contributed by atoms with Crippen LogP contribution in [0.25, 0.3) is 0 Å². The number of Topliss-reactive ketones (excluding diaryl/α,β-unsaturated/α-hetero) is 1. The minimum atomic E-state index is -1.73. The van der Waals surface area contributed by atoms with E-state index < -0.39 is 95.6 Å². The number of likely N-dealkylation sites (N-methyl/N-ethyl adjacent to an activating group) is 1. The van der Waals surface area contributed by atoms with Gasteiger partial charge in [0.1, 0.15) is 35.3 Å². The van der Waals surface area contributed by atoms with E-state index in [1.165, 1.54) is 21.1 Å². The van der Waals surface area contributed by atoms with Gasteiger partial charge in [0, 0.05) is 58.1 Å². The number of carbonyl (C=O) groups is 3. The van der Waals surface area contributed by atoms with Crippen molar-refractivity contribution in [3.05, 3.63) is 0 Å². The van der Waals surface area contributed by atoms with Crippen LogP contribution in [0.1, 0.15) is 121 Å². The number of rotatable bonds is 14. The topological polar surface area (TPSA) is 201 Å². The van der Waals surface area contributed by atoms with Crippen LogP contribution >= 0.6 is 0 Å². The standard InChI is InChI=1S/C45H82N2O14/c1-16-34-45(11,53)35(54-14)22-33(48)27(5)23-44(10,55-15)39(60-41-36(49)32(47(12)13)21-28(6)57-41)29(7)37(30(8)40(50)59-34)58-31-20-26(4)38(43(9,52)24-31)61-42(51)46-18-17-19-56-25(2)3/h25-32,34-39,41,49,52-53H,16-24H2,1-15H3,(H,46,51)/t26-,27-,28-,29+,30-,31-,32+,34-,35-,36-,37+,38+,39-,41+,43-,44+,45-/m1/s1. The lowest BCUT2D eigenvalue weighted by atomic mass is 9.74. The van der Waals surface area contributed by atoms with Crippen LogP contribution in [0, 0.1) is 23.7 Å². The summed E-state index contributed by atoms with van der Waals surface area (Å²) in [6.07, 6.45) is -6.56. The molecule has 0 aromatic heterocycles. The van der Waals surface area contributed by atoms with Crippen LogP contribution in [0.3, 0.4) is 0 Å². The van der Waals surface area contributed by atoms with Gasteiger partial charge in [0.2, 0.25) is 0 Å². The average molecular weight is 875 g/mol. The molecule has 2 heterocycles. The molecular weight excluding hydrogens is 792 g/mol. The molecule has 3 aliphatic rings. The van der Waals surface area contributed by atoms with Crippen LogP contribution in [0.5, 0.6) is 0 Å². The number of carbonyl (C=O) groups excluding carboxylic acids is 3. The summed E-state index contributed by atoms with van der Waals surface area (Å²) >= 11 is 0. The lowest BCUT2D eigenvalue weighted by Gasteiger charge is -2.49. The molecule has 16 nitrogen and oxygen atoms in total. The molecule has 3 fully saturated rings. The largest absolute Gasteiger partial charge is 0.459 e. The van der Waals surface area contributed by atoms with E-state index in [0.29, 0.717) is 32.4 Å². The van der Waals surface area contributed by atoms with Crippen LogP contribution in [0.4, 0.5) is 4.79 Å². The quantitative estimate of drug-likeness (QED) is 0.141.